The van der Waals surface area contributed by atoms with E-state index in [9.17, 15) is 4.39 Å². The zero-order chi connectivity index (χ0) is 14.1. The minimum absolute atomic E-state index is 0.241. The molecule has 2 aromatic heterocycles. The lowest BCUT2D eigenvalue weighted by Crippen LogP contribution is -2.13. The number of nitrogens with zero attached hydrogens (tertiary/aromatic N) is 1. The van der Waals surface area contributed by atoms with Crippen LogP contribution in [-0.4, -0.2) is 12.1 Å². The van der Waals surface area contributed by atoms with Crippen molar-refractivity contribution in [3.05, 3.63) is 59.0 Å². The first-order chi connectivity index (χ1) is 9.69. The van der Waals surface area contributed by atoms with Gasteiger partial charge < -0.3 is 10.5 Å². The van der Waals surface area contributed by atoms with Crippen LogP contribution in [0.1, 0.15) is 16.6 Å². The molecule has 2 N–H and O–H groups in total. The minimum Gasteiger partial charge on any atom is -0.495 e. The molecule has 1 aromatic carbocycles. The summed E-state index contributed by atoms with van der Waals surface area (Å²) in [5.74, 6) is 0.415. The van der Waals surface area contributed by atoms with Crippen LogP contribution in [0.25, 0.3) is 10.1 Å². The highest BCUT2D eigenvalue weighted by Gasteiger charge is 2.17. The van der Waals surface area contributed by atoms with Crippen LogP contribution in [0.5, 0.6) is 5.75 Å². The quantitative estimate of drug-likeness (QED) is 0.802. The number of nitrogens with two attached hydrogens (primary N) is 1. The summed E-state index contributed by atoms with van der Waals surface area (Å²) in [6.07, 6.45) is 1.69. The summed E-state index contributed by atoms with van der Waals surface area (Å²) in [7, 11) is 1.59. The molecule has 102 valence electrons. The molecule has 0 aliphatic carbocycles. The van der Waals surface area contributed by atoms with E-state index in [4.69, 9.17) is 10.5 Å². The number of ether oxygens (including phenoxy) is 1. The molecule has 0 radical (unpaired) electrons. The number of hydrogen-bond acceptors (Lipinski definition) is 4. The fourth-order valence-electron chi connectivity index (χ4n) is 2.12. The maximum absolute atomic E-state index is 13.2. The Labute approximate surface area is 119 Å². The number of rotatable bonds is 3. The molecule has 0 saturated heterocycles. The predicted octanol–water partition coefficient (Wildman–Crippen LogP) is 3.49. The van der Waals surface area contributed by atoms with E-state index in [0.717, 1.165) is 15.0 Å². The number of thiophene rings is 1. The van der Waals surface area contributed by atoms with Gasteiger partial charge in [0.05, 0.1) is 13.2 Å². The maximum Gasteiger partial charge on any atom is 0.142 e. The Balaban J connectivity index is 2.05. The normalized spacial score (nSPS) is 12.6. The van der Waals surface area contributed by atoms with Crippen LogP contribution in [0.4, 0.5) is 4.39 Å². The Morgan fingerprint density at radius 1 is 1.30 bits per heavy atom. The van der Waals surface area contributed by atoms with Crippen molar-refractivity contribution in [2.24, 2.45) is 5.73 Å². The molecule has 3 nitrogen and oxygen atoms in total. The zero-order valence-electron chi connectivity index (χ0n) is 10.8. The van der Waals surface area contributed by atoms with E-state index >= 15 is 0 Å². The lowest BCUT2D eigenvalue weighted by atomic mass is 10.1. The third kappa shape index (κ3) is 2.26. The van der Waals surface area contributed by atoms with Crippen molar-refractivity contribution in [2.45, 2.75) is 6.04 Å². The summed E-state index contributed by atoms with van der Waals surface area (Å²) >= 11 is 1.47. The molecule has 0 aliphatic heterocycles. The van der Waals surface area contributed by atoms with Crippen molar-refractivity contribution in [1.29, 1.82) is 0 Å². The SMILES string of the molecule is COc1cccnc1C(N)c1cc2ccc(F)cc2s1. The van der Waals surface area contributed by atoms with Crippen LogP contribution >= 0.6 is 11.3 Å². The molecule has 1 unspecified atom stereocenters. The van der Waals surface area contributed by atoms with Gasteiger partial charge in [0, 0.05) is 15.8 Å². The Kier molecular flexibility index (Phi) is 3.38. The standard InChI is InChI=1S/C15H13FN2OS/c1-19-11-3-2-6-18-15(11)14(17)13-7-9-4-5-10(16)8-12(9)20-13/h2-8,14H,17H2,1H3. The van der Waals surface area contributed by atoms with Crippen LogP contribution in [0.15, 0.2) is 42.6 Å². The molecule has 0 bridgehead atoms. The van der Waals surface area contributed by atoms with Gasteiger partial charge in [0.15, 0.2) is 0 Å². The van der Waals surface area contributed by atoms with Crippen LogP contribution in [-0.2, 0) is 0 Å². The lowest BCUT2D eigenvalue weighted by molar-refractivity contribution is 0.405. The Bertz CT molecular complexity index is 756. The van der Waals surface area contributed by atoms with Gasteiger partial charge in [-0.1, -0.05) is 6.07 Å². The summed E-state index contributed by atoms with van der Waals surface area (Å²) in [6, 6.07) is 9.94. The van der Waals surface area contributed by atoms with Crippen molar-refractivity contribution < 1.29 is 9.13 Å². The monoisotopic (exact) mass is 288 g/mol. The van der Waals surface area contributed by atoms with E-state index in [1.807, 2.05) is 12.1 Å². The second-order valence-corrected chi connectivity index (χ2v) is 5.51. The van der Waals surface area contributed by atoms with Gasteiger partial charge in [0.1, 0.15) is 17.3 Å². The molecule has 3 aromatic rings. The molecule has 2 heterocycles. The van der Waals surface area contributed by atoms with E-state index in [1.54, 1.807) is 25.4 Å². The largest absolute Gasteiger partial charge is 0.495 e. The molecule has 0 aliphatic rings. The number of hydrogen-bond donors (Lipinski definition) is 1. The van der Waals surface area contributed by atoms with Gasteiger partial charge in [0.2, 0.25) is 0 Å². The summed E-state index contributed by atoms with van der Waals surface area (Å²) in [5.41, 5.74) is 6.95. The topological polar surface area (TPSA) is 48.1 Å². The first-order valence-corrected chi connectivity index (χ1v) is 6.94. The third-order valence-corrected chi connectivity index (χ3v) is 4.30. The summed E-state index contributed by atoms with van der Waals surface area (Å²) < 4.78 is 19.4. The van der Waals surface area contributed by atoms with E-state index in [2.05, 4.69) is 4.98 Å². The molecule has 20 heavy (non-hydrogen) atoms. The average molecular weight is 288 g/mol. The minimum atomic E-state index is -0.383. The molecular formula is C15H13FN2OS. The fraction of sp³-hybridized carbons (Fsp3) is 0.133. The molecule has 0 amide bonds. The average Bonchev–Trinajstić information content (AvgIpc) is 2.89. The zero-order valence-corrected chi connectivity index (χ0v) is 11.7. The molecule has 3 rings (SSSR count). The summed E-state index contributed by atoms with van der Waals surface area (Å²) in [4.78, 5) is 5.23. The van der Waals surface area contributed by atoms with Crippen LogP contribution < -0.4 is 10.5 Å². The maximum atomic E-state index is 13.2. The highest BCUT2D eigenvalue weighted by atomic mass is 32.1. The van der Waals surface area contributed by atoms with Gasteiger partial charge in [-0.05, 0) is 35.7 Å². The molecular weight excluding hydrogens is 275 g/mol. The van der Waals surface area contributed by atoms with Crippen LogP contribution in [0.3, 0.4) is 0 Å². The van der Waals surface area contributed by atoms with Gasteiger partial charge in [-0.2, -0.15) is 0 Å². The molecule has 5 heteroatoms. The first-order valence-electron chi connectivity index (χ1n) is 6.12. The second-order valence-electron chi connectivity index (χ2n) is 4.40. The first kappa shape index (κ1) is 13.0. The van der Waals surface area contributed by atoms with Gasteiger partial charge in [-0.25, -0.2) is 4.39 Å². The number of fused-ring (bicyclic) bond motifs is 1. The van der Waals surface area contributed by atoms with Crippen LogP contribution in [0.2, 0.25) is 0 Å². The smallest absolute Gasteiger partial charge is 0.142 e. The summed E-state index contributed by atoms with van der Waals surface area (Å²) in [6.45, 7) is 0. The van der Waals surface area contributed by atoms with E-state index < -0.39 is 0 Å². The van der Waals surface area contributed by atoms with Gasteiger partial charge in [-0.3, -0.25) is 4.98 Å². The van der Waals surface area contributed by atoms with Crippen LogP contribution in [0, 0.1) is 5.82 Å². The van der Waals surface area contributed by atoms with E-state index in [0.29, 0.717) is 11.4 Å². The lowest BCUT2D eigenvalue weighted by Gasteiger charge is -2.12. The van der Waals surface area contributed by atoms with E-state index in [1.165, 1.54) is 23.5 Å². The van der Waals surface area contributed by atoms with Gasteiger partial charge >= 0.3 is 0 Å². The van der Waals surface area contributed by atoms with Crippen molar-refractivity contribution in [3.63, 3.8) is 0 Å². The number of pyridine rings is 1. The number of methoxy groups -OCH3 is 1. The highest BCUT2D eigenvalue weighted by Crippen LogP contribution is 2.34. The molecule has 0 saturated carbocycles. The molecule has 0 fully saturated rings. The number of aromatic nitrogens is 1. The Morgan fingerprint density at radius 2 is 2.15 bits per heavy atom. The second kappa shape index (κ2) is 5.19. The predicted molar refractivity (Wildman–Crippen MR) is 78.6 cm³/mol. The summed E-state index contributed by atoms with van der Waals surface area (Å²) in [5, 5.41) is 0.983. The Morgan fingerprint density at radius 3 is 2.95 bits per heavy atom. The van der Waals surface area contributed by atoms with Crippen molar-refractivity contribution in [1.82, 2.24) is 4.98 Å². The molecule has 1 atom stereocenters. The number of halogens is 1. The number of benzene rings is 1. The van der Waals surface area contributed by atoms with Crippen molar-refractivity contribution in [2.75, 3.05) is 7.11 Å². The Hall–Kier alpha value is -1.98. The molecule has 0 spiro atoms. The highest BCUT2D eigenvalue weighted by molar-refractivity contribution is 7.19. The van der Waals surface area contributed by atoms with Crippen molar-refractivity contribution in [3.8, 4) is 5.75 Å². The van der Waals surface area contributed by atoms with Gasteiger partial charge in [0.25, 0.3) is 0 Å². The van der Waals surface area contributed by atoms with E-state index in [-0.39, 0.29) is 11.9 Å². The van der Waals surface area contributed by atoms with Crippen molar-refractivity contribution >= 4 is 21.4 Å². The fourth-order valence-corrected chi connectivity index (χ4v) is 3.22. The third-order valence-electron chi connectivity index (χ3n) is 3.12. The van der Waals surface area contributed by atoms with Gasteiger partial charge in [-0.15, -0.1) is 11.3 Å².